The molecule has 0 aliphatic heterocycles. The monoisotopic (exact) mass is 265 g/mol. The molecule has 0 amide bonds. The Hall–Kier alpha value is -1.10. The zero-order chi connectivity index (χ0) is 13.8. The van der Waals surface area contributed by atoms with Crippen molar-refractivity contribution in [3.63, 3.8) is 0 Å². The molecule has 3 unspecified atom stereocenters. The lowest BCUT2D eigenvalue weighted by molar-refractivity contribution is -0.107. The molecule has 0 aromatic heterocycles. The number of rotatable bonds is 6. The second-order valence-electron chi connectivity index (χ2n) is 5.15. The van der Waals surface area contributed by atoms with Crippen LogP contribution in [-0.2, 0) is 9.47 Å². The van der Waals surface area contributed by atoms with Crippen LogP contribution in [0, 0.1) is 13.8 Å². The maximum Gasteiger partial charge on any atom is 0.128 e. The topological polar surface area (TPSA) is 53.7 Å². The first-order valence-electron chi connectivity index (χ1n) is 6.72. The molecule has 106 valence electrons. The quantitative estimate of drug-likeness (QED) is 0.797. The normalized spacial score (nSPS) is 26.0. The molecular weight excluding hydrogens is 242 g/mol. The molecule has 2 rings (SSSR count). The number of benzene rings is 1. The molecule has 1 aromatic carbocycles. The molecular formula is C15H23NO3. The second kappa shape index (κ2) is 6.37. The van der Waals surface area contributed by atoms with E-state index in [1.54, 1.807) is 7.11 Å². The summed E-state index contributed by atoms with van der Waals surface area (Å²) < 4.78 is 16.7. The summed E-state index contributed by atoms with van der Waals surface area (Å²) in [6, 6.07) is 6.25. The molecule has 0 radical (unpaired) electrons. The van der Waals surface area contributed by atoms with Crippen LogP contribution in [0.1, 0.15) is 17.5 Å². The fourth-order valence-electron chi connectivity index (χ4n) is 2.32. The van der Waals surface area contributed by atoms with Gasteiger partial charge in [-0.25, -0.2) is 0 Å². The summed E-state index contributed by atoms with van der Waals surface area (Å²) in [4.78, 5) is 0. The third-order valence-corrected chi connectivity index (χ3v) is 3.50. The summed E-state index contributed by atoms with van der Waals surface area (Å²) in [6.45, 7) is 5.27. The molecule has 1 aromatic rings. The number of hydrogen-bond donors (Lipinski definition) is 1. The predicted molar refractivity (Wildman–Crippen MR) is 74.5 cm³/mol. The molecule has 4 heteroatoms. The number of nitrogens with two attached hydrogens (primary N) is 1. The van der Waals surface area contributed by atoms with E-state index in [9.17, 15) is 0 Å². The van der Waals surface area contributed by atoms with Crippen LogP contribution in [0.5, 0.6) is 5.75 Å². The van der Waals surface area contributed by atoms with Crippen LogP contribution in [-0.4, -0.2) is 38.6 Å². The van der Waals surface area contributed by atoms with Crippen LogP contribution in [0.15, 0.2) is 18.2 Å². The third kappa shape index (κ3) is 3.47. The first-order valence-corrected chi connectivity index (χ1v) is 6.72. The van der Waals surface area contributed by atoms with Gasteiger partial charge in [0.1, 0.15) is 18.0 Å². The van der Waals surface area contributed by atoms with Crippen molar-refractivity contribution in [1.29, 1.82) is 0 Å². The van der Waals surface area contributed by atoms with Gasteiger partial charge in [-0.2, -0.15) is 0 Å². The summed E-state index contributed by atoms with van der Waals surface area (Å²) >= 11 is 0. The molecule has 19 heavy (non-hydrogen) atoms. The van der Waals surface area contributed by atoms with E-state index in [-0.39, 0.29) is 18.2 Å². The van der Waals surface area contributed by atoms with Crippen molar-refractivity contribution < 1.29 is 14.2 Å². The minimum absolute atomic E-state index is 0.0316. The van der Waals surface area contributed by atoms with Gasteiger partial charge in [0.15, 0.2) is 0 Å². The van der Waals surface area contributed by atoms with Crippen molar-refractivity contribution in [3.05, 3.63) is 29.3 Å². The highest BCUT2D eigenvalue weighted by Crippen LogP contribution is 2.29. The molecule has 1 aliphatic carbocycles. The highest BCUT2D eigenvalue weighted by Gasteiger charge is 2.41. The summed E-state index contributed by atoms with van der Waals surface area (Å²) in [5.41, 5.74) is 8.35. The van der Waals surface area contributed by atoms with Crippen LogP contribution >= 0.6 is 0 Å². The van der Waals surface area contributed by atoms with E-state index in [0.717, 1.165) is 17.7 Å². The molecule has 4 nitrogen and oxygen atoms in total. The van der Waals surface area contributed by atoms with Crippen LogP contribution in [0.2, 0.25) is 0 Å². The first kappa shape index (κ1) is 14.3. The van der Waals surface area contributed by atoms with Crippen LogP contribution in [0.25, 0.3) is 0 Å². The average Bonchev–Trinajstić information content (AvgIpc) is 2.37. The van der Waals surface area contributed by atoms with E-state index < -0.39 is 0 Å². The van der Waals surface area contributed by atoms with Crippen LogP contribution in [0.4, 0.5) is 0 Å². The standard InChI is InChI=1S/C15H23NO3/c1-10-4-5-13(11(2)8-10)19-14-9-12(16)15(14)18-7-6-17-3/h4-5,8,12,14-15H,6-7,9,16H2,1-3H3. The molecule has 1 fully saturated rings. The summed E-state index contributed by atoms with van der Waals surface area (Å²) in [6.07, 6.45) is 0.856. The predicted octanol–water partition coefficient (Wildman–Crippen LogP) is 1.81. The molecule has 2 N–H and O–H groups in total. The van der Waals surface area contributed by atoms with Crippen LogP contribution < -0.4 is 10.5 Å². The number of aryl methyl sites for hydroxylation is 2. The van der Waals surface area contributed by atoms with Gasteiger partial charge in [-0.15, -0.1) is 0 Å². The minimum Gasteiger partial charge on any atom is -0.487 e. The van der Waals surface area contributed by atoms with Crippen LogP contribution in [0.3, 0.4) is 0 Å². The Bertz CT molecular complexity index is 422. The summed E-state index contributed by atoms with van der Waals surface area (Å²) in [5, 5.41) is 0. The fourth-order valence-corrected chi connectivity index (χ4v) is 2.32. The van der Waals surface area contributed by atoms with Gasteiger partial charge < -0.3 is 19.9 Å². The lowest BCUT2D eigenvalue weighted by Gasteiger charge is -2.42. The lowest BCUT2D eigenvalue weighted by Crippen LogP contribution is -2.59. The van der Waals surface area contributed by atoms with Gasteiger partial charge in [0.25, 0.3) is 0 Å². The maximum absolute atomic E-state index is 6.00. The fraction of sp³-hybridized carbons (Fsp3) is 0.600. The molecule has 3 atom stereocenters. The Kier molecular flexibility index (Phi) is 4.80. The SMILES string of the molecule is COCCOC1C(N)CC1Oc1ccc(C)cc1C. The molecule has 0 spiro atoms. The van der Waals surface area contributed by atoms with Gasteiger partial charge in [0.2, 0.25) is 0 Å². The van der Waals surface area contributed by atoms with E-state index in [2.05, 4.69) is 26.0 Å². The average molecular weight is 265 g/mol. The van der Waals surface area contributed by atoms with Crippen molar-refractivity contribution in [3.8, 4) is 5.75 Å². The molecule has 1 aliphatic rings. The molecule has 0 heterocycles. The Morgan fingerprint density at radius 2 is 2.05 bits per heavy atom. The zero-order valence-corrected chi connectivity index (χ0v) is 11.9. The molecule has 0 bridgehead atoms. The number of methoxy groups -OCH3 is 1. The van der Waals surface area contributed by atoms with Crippen molar-refractivity contribution in [2.45, 2.75) is 38.5 Å². The van der Waals surface area contributed by atoms with Crippen molar-refractivity contribution in [1.82, 2.24) is 0 Å². The Balaban J connectivity index is 1.91. The highest BCUT2D eigenvalue weighted by atomic mass is 16.6. The van der Waals surface area contributed by atoms with Crippen molar-refractivity contribution in [2.75, 3.05) is 20.3 Å². The third-order valence-electron chi connectivity index (χ3n) is 3.50. The van der Waals surface area contributed by atoms with E-state index in [1.165, 1.54) is 5.56 Å². The van der Waals surface area contributed by atoms with Crippen molar-refractivity contribution in [2.24, 2.45) is 5.73 Å². The zero-order valence-electron chi connectivity index (χ0n) is 11.9. The van der Waals surface area contributed by atoms with E-state index in [0.29, 0.717) is 13.2 Å². The largest absolute Gasteiger partial charge is 0.487 e. The highest BCUT2D eigenvalue weighted by molar-refractivity contribution is 5.36. The van der Waals surface area contributed by atoms with Gasteiger partial charge in [-0.3, -0.25) is 0 Å². The Labute approximate surface area is 114 Å². The molecule has 0 saturated heterocycles. The Morgan fingerprint density at radius 1 is 1.26 bits per heavy atom. The lowest BCUT2D eigenvalue weighted by atomic mass is 9.86. The van der Waals surface area contributed by atoms with Gasteiger partial charge in [-0.1, -0.05) is 17.7 Å². The van der Waals surface area contributed by atoms with E-state index >= 15 is 0 Å². The number of hydrogen-bond acceptors (Lipinski definition) is 4. The van der Waals surface area contributed by atoms with Gasteiger partial charge in [0, 0.05) is 19.6 Å². The van der Waals surface area contributed by atoms with Gasteiger partial charge >= 0.3 is 0 Å². The maximum atomic E-state index is 6.00. The van der Waals surface area contributed by atoms with Crippen molar-refractivity contribution >= 4 is 0 Å². The summed E-state index contributed by atoms with van der Waals surface area (Å²) in [7, 11) is 1.66. The number of ether oxygens (including phenoxy) is 3. The van der Waals surface area contributed by atoms with E-state index in [1.807, 2.05) is 6.07 Å². The van der Waals surface area contributed by atoms with Gasteiger partial charge in [0.05, 0.1) is 13.2 Å². The first-order chi connectivity index (χ1) is 9.11. The second-order valence-corrected chi connectivity index (χ2v) is 5.15. The smallest absolute Gasteiger partial charge is 0.128 e. The molecule has 1 saturated carbocycles. The minimum atomic E-state index is -0.0316. The van der Waals surface area contributed by atoms with E-state index in [4.69, 9.17) is 19.9 Å². The van der Waals surface area contributed by atoms with Gasteiger partial charge in [-0.05, 0) is 25.5 Å². The summed E-state index contributed by atoms with van der Waals surface area (Å²) in [5.74, 6) is 0.919. The Morgan fingerprint density at radius 3 is 2.68 bits per heavy atom.